The van der Waals surface area contributed by atoms with Crippen molar-refractivity contribution in [2.24, 2.45) is 5.92 Å². The highest BCUT2D eigenvalue weighted by Gasteiger charge is 2.14. The van der Waals surface area contributed by atoms with Crippen molar-refractivity contribution in [2.75, 3.05) is 5.32 Å². The highest BCUT2D eigenvalue weighted by Crippen LogP contribution is 2.19. The fraction of sp³-hybridized carbons (Fsp3) is 0.462. The average Bonchev–Trinajstić information content (AvgIpc) is 2.31. The summed E-state index contributed by atoms with van der Waals surface area (Å²) in [6, 6.07) is 7.64. The number of rotatable bonds is 5. The summed E-state index contributed by atoms with van der Waals surface area (Å²) in [4.78, 5) is 11.9. The number of hydrogen-bond donors (Lipinski definition) is 1. The van der Waals surface area contributed by atoms with Gasteiger partial charge in [0.15, 0.2) is 0 Å². The van der Waals surface area contributed by atoms with Crippen LogP contribution in [0, 0.1) is 5.92 Å². The van der Waals surface area contributed by atoms with E-state index in [2.05, 4.69) is 5.32 Å². The number of anilines is 1. The lowest BCUT2D eigenvalue weighted by Gasteiger charge is -2.14. The molecule has 1 N–H and O–H groups in total. The summed E-state index contributed by atoms with van der Waals surface area (Å²) >= 11 is 5.81. The summed E-state index contributed by atoms with van der Waals surface area (Å²) in [7, 11) is 0. The number of para-hydroxylation sites is 1. The third-order valence-electron chi connectivity index (χ3n) is 2.78. The van der Waals surface area contributed by atoms with Crippen molar-refractivity contribution >= 4 is 23.2 Å². The molecule has 1 rings (SSSR count). The summed E-state index contributed by atoms with van der Waals surface area (Å²) in [5.74, 6) is 0.588. The second-order valence-corrected chi connectivity index (χ2v) is 4.06. The highest BCUT2D eigenvalue weighted by molar-refractivity contribution is 6.17. The number of alkyl halides is 1. The fourth-order valence-electron chi connectivity index (χ4n) is 1.65. The molecule has 0 bridgehead atoms. The van der Waals surface area contributed by atoms with Gasteiger partial charge in [0.05, 0.1) is 0 Å². The molecule has 0 unspecified atom stereocenters. The zero-order valence-corrected chi connectivity index (χ0v) is 10.6. The van der Waals surface area contributed by atoms with Crippen LogP contribution in [-0.2, 0) is 10.7 Å². The van der Waals surface area contributed by atoms with Crippen molar-refractivity contribution in [1.82, 2.24) is 0 Å². The van der Waals surface area contributed by atoms with E-state index in [-0.39, 0.29) is 11.8 Å². The molecular formula is C13H18ClNO. The van der Waals surface area contributed by atoms with Crippen LogP contribution in [0.5, 0.6) is 0 Å². The van der Waals surface area contributed by atoms with Gasteiger partial charge in [0.2, 0.25) is 5.91 Å². The van der Waals surface area contributed by atoms with Crippen LogP contribution in [0.2, 0.25) is 0 Å². The van der Waals surface area contributed by atoms with Gasteiger partial charge >= 0.3 is 0 Å². The molecule has 1 aromatic rings. The largest absolute Gasteiger partial charge is 0.326 e. The summed E-state index contributed by atoms with van der Waals surface area (Å²) in [6.45, 7) is 4.06. The predicted molar refractivity (Wildman–Crippen MR) is 68.7 cm³/mol. The topological polar surface area (TPSA) is 29.1 Å². The number of nitrogens with one attached hydrogen (secondary N) is 1. The van der Waals surface area contributed by atoms with Crippen molar-refractivity contribution in [1.29, 1.82) is 0 Å². The molecule has 1 aromatic carbocycles. The molecule has 0 saturated carbocycles. The van der Waals surface area contributed by atoms with Crippen LogP contribution in [0.3, 0.4) is 0 Å². The first-order valence-electron chi connectivity index (χ1n) is 5.67. The monoisotopic (exact) mass is 239 g/mol. The summed E-state index contributed by atoms with van der Waals surface area (Å²) in [6.07, 6.45) is 1.73. The van der Waals surface area contributed by atoms with Crippen molar-refractivity contribution in [3.05, 3.63) is 29.8 Å². The maximum absolute atomic E-state index is 11.9. The second kappa shape index (κ2) is 6.54. The van der Waals surface area contributed by atoms with Crippen molar-refractivity contribution < 1.29 is 4.79 Å². The third kappa shape index (κ3) is 3.24. The van der Waals surface area contributed by atoms with Crippen molar-refractivity contribution in [3.63, 3.8) is 0 Å². The Morgan fingerprint density at radius 2 is 1.94 bits per heavy atom. The van der Waals surface area contributed by atoms with E-state index in [1.54, 1.807) is 0 Å². The van der Waals surface area contributed by atoms with Crippen LogP contribution >= 0.6 is 11.6 Å². The van der Waals surface area contributed by atoms with E-state index in [0.717, 1.165) is 24.1 Å². The molecule has 0 aromatic heterocycles. The van der Waals surface area contributed by atoms with Gasteiger partial charge in [-0.25, -0.2) is 0 Å². The number of amides is 1. The fourth-order valence-corrected chi connectivity index (χ4v) is 1.89. The first kappa shape index (κ1) is 13.0. The van der Waals surface area contributed by atoms with Gasteiger partial charge in [-0.3, -0.25) is 4.79 Å². The second-order valence-electron chi connectivity index (χ2n) is 3.79. The Bertz CT molecular complexity index is 348. The molecule has 0 radical (unpaired) electrons. The lowest BCUT2D eigenvalue weighted by molar-refractivity contribution is -0.120. The molecule has 0 aliphatic heterocycles. The molecule has 3 heteroatoms. The molecule has 0 aliphatic rings. The zero-order valence-electron chi connectivity index (χ0n) is 9.79. The normalized spacial score (nSPS) is 10.5. The molecule has 88 valence electrons. The van der Waals surface area contributed by atoms with Crippen LogP contribution in [0.4, 0.5) is 5.69 Å². The minimum absolute atomic E-state index is 0.0857. The zero-order chi connectivity index (χ0) is 12.0. The van der Waals surface area contributed by atoms with E-state index in [9.17, 15) is 4.79 Å². The van der Waals surface area contributed by atoms with Crippen LogP contribution in [0.1, 0.15) is 32.3 Å². The van der Waals surface area contributed by atoms with Gasteiger partial charge in [0.25, 0.3) is 0 Å². The molecule has 16 heavy (non-hydrogen) atoms. The first-order valence-corrected chi connectivity index (χ1v) is 6.21. The Morgan fingerprint density at radius 1 is 1.31 bits per heavy atom. The van der Waals surface area contributed by atoms with Crippen molar-refractivity contribution in [2.45, 2.75) is 32.6 Å². The Kier molecular flexibility index (Phi) is 5.33. The molecular weight excluding hydrogens is 222 g/mol. The van der Waals surface area contributed by atoms with Gasteiger partial charge in [-0.05, 0) is 24.5 Å². The van der Waals surface area contributed by atoms with E-state index in [1.165, 1.54) is 0 Å². The Morgan fingerprint density at radius 3 is 2.50 bits per heavy atom. The molecule has 2 nitrogen and oxygen atoms in total. The van der Waals surface area contributed by atoms with Gasteiger partial charge < -0.3 is 5.32 Å². The number of benzene rings is 1. The van der Waals surface area contributed by atoms with E-state index >= 15 is 0 Å². The molecule has 0 fully saturated rings. The van der Waals surface area contributed by atoms with Crippen molar-refractivity contribution in [3.8, 4) is 0 Å². The molecule has 0 saturated heterocycles. The number of halogens is 1. The number of carbonyl (C=O) groups excluding carboxylic acids is 1. The minimum Gasteiger partial charge on any atom is -0.326 e. The van der Waals surface area contributed by atoms with E-state index in [1.807, 2.05) is 38.1 Å². The standard InChI is InChI=1S/C13H18ClNO/c1-3-10(4-2)13(16)15-12-8-6-5-7-11(12)9-14/h5-8,10H,3-4,9H2,1-2H3,(H,15,16). The summed E-state index contributed by atoms with van der Waals surface area (Å²) in [5, 5.41) is 2.94. The Hall–Kier alpha value is -1.02. The summed E-state index contributed by atoms with van der Waals surface area (Å²) in [5.41, 5.74) is 1.79. The van der Waals surface area contributed by atoms with Gasteiger partial charge in [-0.2, -0.15) is 0 Å². The third-order valence-corrected chi connectivity index (χ3v) is 3.06. The molecule has 1 amide bonds. The first-order chi connectivity index (χ1) is 7.72. The molecule has 0 heterocycles. The Labute approximate surface area is 102 Å². The predicted octanol–water partition coefficient (Wildman–Crippen LogP) is 3.80. The molecule has 0 aliphatic carbocycles. The van der Waals surface area contributed by atoms with E-state index in [4.69, 9.17) is 11.6 Å². The van der Waals surface area contributed by atoms with E-state index in [0.29, 0.717) is 5.88 Å². The van der Waals surface area contributed by atoms with Gasteiger partial charge in [-0.15, -0.1) is 11.6 Å². The van der Waals surface area contributed by atoms with Crippen LogP contribution in [0.25, 0.3) is 0 Å². The molecule has 0 atom stereocenters. The number of hydrogen-bond acceptors (Lipinski definition) is 1. The van der Waals surface area contributed by atoms with Gasteiger partial charge in [0, 0.05) is 17.5 Å². The average molecular weight is 240 g/mol. The molecule has 0 spiro atoms. The summed E-state index contributed by atoms with van der Waals surface area (Å²) < 4.78 is 0. The SMILES string of the molecule is CCC(CC)C(=O)Nc1ccccc1CCl. The quantitative estimate of drug-likeness (QED) is 0.778. The van der Waals surface area contributed by atoms with Crippen LogP contribution in [0.15, 0.2) is 24.3 Å². The lowest BCUT2D eigenvalue weighted by Crippen LogP contribution is -2.22. The van der Waals surface area contributed by atoms with Crippen LogP contribution < -0.4 is 5.32 Å². The van der Waals surface area contributed by atoms with Gasteiger partial charge in [-0.1, -0.05) is 32.0 Å². The minimum atomic E-state index is 0.0857. The maximum atomic E-state index is 11.9. The Balaban J connectivity index is 2.76. The smallest absolute Gasteiger partial charge is 0.227 e. The van der Waals surface area contributed by atoms with Crippen LogP contribution in [-0.4, -0.2) is 5.91 Å². The maximum Gasteiger partial charge on any atom is 0.227 e. The highest BCUT2D eigenvalue weighted by atomic mass is 35.5. The lowest BCUT2D eigenvalue weighted by atomic mass is 10.0. The number of carbonyl (C=O) groups is 1. The van der Waals surface area contributed by atoms with Gasteiger partial charge in [0.1, 0.15) is 0 Å². The van der Waals surface area contributed by atoms with E-state index < -0.39 is 0 Å².